The summed E-state index contributed by atoms with van der Waals surface area (Å²) in [6.45, 7) is 0.00882. The Morgan fingerprint density at radius 2 is 1.94 bits per heavy atom. The Bertz CT molecular complexity index is 408. The van der Waals surface area contributed by atoms with Crippen molar-refractivity contribution >= 4 is 5.91 Å². The van der Waals surface area contributed by atoms with Gasteiger partial charge in [-0.05, 0) is 37.1 Å². The third-order valence-corrected chi connectivity index (χ3v) is 3.59. The molecular formula is C14H19NO3. The molecule has 4 heteroatoms. The maximum atomic E-state index is 12.1. The molecule has 1 aromatic carbocycles. The van der Waals surface area contributed by atoms with E-state index >= 15 is 0 Å². The molecule has 1 amide bonds. The topological polar surface area (TPSA) is 58.6 Å². The zero-order valence-corrected chi connectivity index (χ0v) is 10.6. The van der Waals surface area contributed by atoms with Crippen molar-refractivity contribution in [3.05, 3.63) is 29.8 Å². The molecule has 0 atom stereocenters. The van der Waals surface area contributed by atoms with Crippen molar-refractivity contribution in [1.82, 2.24) is 5.32 Å². The second-order valence-corrected chi connectivity index (χ2v) is 4.83. The number of nitrogens with one attached hydrogen (secondary N) is 1. The van der Waals surface area contributed by atoms with Crippen LogP contribution in [0.2, 0.25) is 0 Å². The molecule has 2 N–H and O–H groups in total. The van der Waals surface area contributed by atoms with Crippen molar-refractivity contribution in [3.8, 4) is 5.75 Å². The molecule has 0 unspecified atom stereocenters. The number of hydrogen-bond donors (Lipinski definition) is 2. The molecule has 0 spiro atoms. The van der Waals surface area contributed by atoms with Gasteiger partial charge in [0.1, 0.15) is 5.75 Å². The summed E-state index contributed by atoms with van der Waals surface area (Å²) in [7, 11) is 1.59. The average Bonchev–Trinajstić information content (AvgIpc) is 2.88. The molecule has 1 fully saturated rings. The highest BCUT2D eigenvalue weighted by atomic mass is 16.5. The molecule has 0 heterocycles. The number of amides is 1. The molecule has 0 aliphatic heterocycles. The lowest BCUT2D eigenvalue weighted by atomic mass is 9.98. The van der Waals surface area contributed by atoms with Gasteiger partial charge in [-0.3, -0.25) is 4.79 Å². The minimum absolute atomic E-state index is 0.00882. The lowest BCUT2D eigenvalue weighted by Gasteiger charge is -2.28. The van der Waals surface area contributed by atoms with Gasteiger partial charge in [-0.2, -0.15) is 0 Å². The highest BCUT2D eigenvalue weighted by Gasteiger charge is 2.34. The Labute approximate surface area is 107 Å². The van der Waals surface area contributed by atoms with E-state index in [9.17, 15) is 9.90 Å². The van der Waals surface area contributed by atoms with E-state index in [-0.39, 0.29) is 12.5 Å². The molecule has 1 aliphatic rings. The van der Waals surface area contributed by atoms with E-state index < -0.39 is 5.54 Å². The quantitative estimate of drug-likeness (QED) is 0.854. The zero-order chi connectivity index (χ0) is 13.0. The Kier molecular flexibility index (Phi) is 3.87. The molecule has 18 heavy (non-hydrogen) atoms. The lowest BCUT2D eigenvalue weighted by Crippen LogP contribution is -2.49. The van der Waals surface area contributed by atoms with Crippen molar-refractivity contribution in [2.75, 3.05) is 13.7 Å². The van der Waals surface area contributed by atoms with Gasteiger partial charge in [0, 0.05) is 5.56 Å². The summed E-state index contributed by atoms with van der Waals surface area (Å²) in [4.78, 5) is 12.1. The molecule has 1 aliphatic carbocycles. The van der Waals surface area contributed by atoms with E-state index in [1.165, 1.54) is 0 Å². The van der Waals surface area contributed by atoms with Crippen LogP contribution in [0.25, 0.3) is 0 Å². The third kappa shape index (κ3) is 2.64. The molecule has 0 saturated heterocycles. The number of ether oxygens (including phenoxy) is 1. The Balaban J connectivity index is 2.06. The Morgan fingerprint density at radius 1 is 1.33 bits per heavy atom. The fourth-order valence-corrected chi connectivity index (χ4v) is 2.43. The third-order valence-electron chi connectivity index (χ3n) is 3.59. The van der Waals surface area contributed by atoms with E-state index in [1.807, 2.05) is 0 Å². The normalized spacial score (nSPS) is 17.4. The number of aliphatic hydroxyl groups excluding tert-OH is 1. The predicted octanol–water partition coefficient (Wildman–Crippen LogP) is 1.73. The van der Waals surface area contributed by atoms with Gasteiger partial charge in [0.15, 0.2) is 0 Å². The molecule has 2 rings (SSSR count). The number of methoxy groups -OCH3 is 1. The number of aliphatic hydroxyl groups is 1. The van der Waals surface area contributed by atoms with Crippen LogP contribution in [0.4, 0.5) is 0 Å². The van der Waals surface area contributed by atoms with Gasteiger partial charge >= 0.3 is 0 Å². The fraction of sp³-hybridized carbons (Fsp3) is 0.500. The largest absolute Gasteiger partial charge is 0.497 e. The van der Waals surface area contributed by atoms with Crippen molar-refractivity contribution in [2.45, 2.75) is 31.2 Å². The average molecular weight is 249 g/mol. The van der Waals surface area contributed by atoms with Crippen LogP contribution in [-0.2, 0) is 0 Å². The molecular weight excluding hydrogens is 230 g/mol. The first-order valence-corrected chi connectivity index (χ1v) is 6.26. The maximum absolute atomic E-state index is 12.1. The zero-order valence-electron chi connectivity index (χ0n) is 10.6. The molecule has 0 bridgehead atoms. The number of rotatable bonds is 4. The lowest BCUT2D eigenvalue weighted by molar-refractivity contribution is 0.0838. The van der Waals surface area contributed by atoms with E-state index in [1.54, 1.807) is 31.4 Å². The van der Waals surface area contributed by atoms with Gasteiger partial charge in [0.05, 0.1) is 19.3 Å². The number of hydrogen-bond acceptors (Lipinski definition) is 3. The van der Waals surface area contributed by atoms with Crippen LogP contribution in [0, 0.1) is 0 Å². The van der Waals surface area contributed by atoms with Crippen LogP contribution in [0.15, 0.2) is 24.3 Å². The second kappa shape index (κ2) is 5.40. The molecule has 0 radical (unpaired) electrons. The first-order valence-electron chi connectivity index (χ1n) is 6.26. The number of carbonyl (C=O) groups excluding carboxylic acids is 1. The van der Waals surface area contributed by atoms with E-state index in [0.29, 0.717) is 5.56 Å². The maximum Gasteiger partial charge on any atom is 0.251 e. The summed E-state index contributed by atoms with van der Waals surface area (Å²) >= 11 is 0. The Hall–Kier alpha value is -1.55. The highest BCUT2D eigenvalue weighted by Crippen LogP contribution is 2.29. The standard InChI is InChI=1S/C14H19NO3/c1-18-12-6-4-11(5-7-12)13(17)15-14(10-16)8-2-3-9-14/h4-7,16H,2-3,8-10H2,1H3,(H,15,17). The minimum Gasteiger partial charge on any atom is -0.497 e. The van der Waals surface area contributed by atoms with Crippen molar-refractivity contribution in [2.24, 2.45) is 0 Å². The molecule has 98 valence electrons. The van der Waals surface area contributed by atoms with E-state index in [0.717, 1.165) is 31.4 Å². The summed E-state index contributed by atoms with van der Waals surface area (Å²) in [5.74, 6) is 0.595. The van der Waals surface area contributed by atoms with E-state index in [2.05, 4.69) is 5.32 Å². The van der Waals surface area contributed by atoms with Crippen molar-refractivity contribution in [3.63, 3.8) is 0 Å². The van der Waals surface area contributed by atoms with Gasteiger partial charge in [0.2, 0.25) is 0 Å². The van der Waals surface area contributed by atoms with Crippen LogP contribution < -0.4 is 10.1 Å². The van der Waals surface area contributed by atoms with Gasteiger partial charge in [-0.1, -0.05) is 12.8 Å². The van der Waals surface area contributed by atoms with Crippen molar-refractivity contribution in [1.29, 1.82) is 0 Å². The van der Waals surface area contributed by atoms with Crippen LogP contribution >= 0.6 is 0 Å². The van der Waals surface area contributed by atoms with Gasteiger partial charge in [0.25, 0.3) is 5.91 Å². The number of carbonyl (C=O) groups is 1. The molecule has 1 saturated carbocycles. The monoisotopic (exact) mass is 249 g/mol. The minimum atomic E-state index is -0.420. The first kappa shape index (κ1) is 12.9. The summed E-state index contributed by atoms with van der Waals surface area (Å²) in [5.41, 5.74) is 0.173. The summed E-state index contributed by atoms with van der Waals surface area (Å²) in [6, 6.07) is 6.98. The van der Waals surface area contributed by atoms with Gasteiger partial charge < -0.3 is 15.2 Å². The first-order chi connectivity index (χ1) is 8.69. The highest BCUT2D eigenvalue weighted by molar-refractivity contribution is 5.94. The molecule has 4 nitrogen and oxygen atoms in total. The fourth-order valence-electron chi connectivity index (χ4n) is 2.43. The summed E-state index contributed by atoms with van der Waals surface area (Å²) < 4.78 is 5.05. The Morgan fingerprint density at radius 3 is 2.44 bits per heavy atom. The van der Waals surface area contributed by atoms with Crippen LogP contribution in [0.3, 0.4) is 0 Å². The van der Waals surface area contributed by atoms with Gasteiger partial charge in [-0.25, -0.2) is 0 Å². The van der Waals surface area contributed by atoms with Crippen LogP contribution in [0.5, 0.6) is 5.75 Å². The SMILES string of the molecule is COc1ccc(C(=O)NC2(CO)CCCC2)cc1. The molecule has 0 aromatic heterocycles. The van der Waals surface area contributed by atoms with Gasteiger partial charge in [-0.15, -0.1) is 0 Å². The smallest absolute Gasteiger partial charge is 0.251 e. The van der Waals surface area contributed by atoms with Crippen LogP contribution in [0.1, 0.15) is 36.0 Å². The predicted molar refractivity (Wildman–Crippen MR) is 68.7 cm³/mol. The molecule has 1 aromatic rings. The second-order valence-electron chi connectivity index (χ2n) is 4.83. The summed E-state index contributed by atoms with van der Waals surface area (Å²) in [5, 5.41) is 12.4. The van der Waals surface area contributed by atoms with E-state index in [4.69, 9.17) is 4.74 Å². The van der Waals surface area contributed by atoms with Crippen molar-refractivity contribution < 1.29 is 14.6 Å². The van der Waals surface area contributed by atoms with Crippen LogP contribution in [-0.4, -0.2) is 30.3 Å². The summed E-state index contributed by atoms with van der Waals surface area (Å²) in [6.07, 6.45) is 3.82. The number of benzene rings is 1.